The fraction of sp³-hybridized carbons (Fsp3) is 1.00. The third kappa shape index (κ3) is 3.68. The molecule has 0 saturated heterocycles. The average Bonchev–Trinajstić information content (AvgIpc) is 2.95. The molecule has 2 aliphatic rings. The van der Waals surface area contributed by atoms with Crippen molar-refractivity contribution >= 4 is 15.8 Å². The fourth-order valence-corrected chi connectivity index (χ4v) is 9.12. The lowest BCUT2D eigenvalue weighted by atomic mass is 10.4. The molecule has 0 N–H and O–H groups in total. The molecule has 0 spiro atoms. The van der Waals surface area contributed by atoms with Crippen molar-refractivity contribution in [2.75, 3.05) is 25.7 Å². The Hall–Kier alpha value is 0.860. The molecule has 2 saturated carbocycles. The average molecular weight is 258 g/mol. The molecule has 0 heterocycles. The van der Waals surface area contributed by atoms with Gasteiger partial charge in [-0.15, -0.1) is 15.8 Å². The minimum atomic E-state index is 0.388. The summed E-state index contributed by atoms with van der Waals surface area (Å²) in [5, 5.41) is 0. The summed E-state index contributed by atoms with van der Waals surface area (Å²) in [6, 6.07) is 0. The van der Waals surface area contributed by atoms with Crippen LogP contribution in [0, 0.1) is 0 Å². The molecular weight excluding hydrogens is 230 g/mol. The monoisotopic (exact) mass is 258 g/mol. The van der Waals surface area contributed by atoms with E-state index in [1.807, 2.05) is 0 Å². The summed E-state index contributed by atoms with van der Waals surface area (Å²) in [6.45, 7) is 5.17. The standard InChI is InChI=1S/C14H28P2/c1-15(13-7-3-4-8-13)11-12-16(2)14-9-5-6-10-14/h13-14H,3-12H2,1-2H3. The largest absolute Gasteiger partial charge is 0.106 e. The van der Waals surface area contributed by atoms with Crippen LogP contribution in [0.25, 0.3) is 0 Å². The molecule has 16 heavy (non-hydrogen) atoms. The Labute approximate surface area is 104 Å². The summed E-state index contributed by atoms with van der Waals surface area (Å²) in [5.41, 5.74) is 2.31. The molecule has 2 heteroatoms. The van der Waals surface area contributed by atoms with Crippen molar-refractivity contribution in [1.29, 1.82) is 0 Å². The van der Waals surface area contributed by atoms with Crippen LogP contribution in [-0.4, -0.2) is 37.0 Å². The molecule has 0 bridgehead atoms. The van der Waals surface area contributed by atoms with E-state index in [1.165, 1.54) is 25.7 Å². The zero-order valence-corrected chi connectivity index (χ0v) is 12.9. The first-order chi connectivity index (χ1) is 7.77. The Morgan fingerprint density at radius 1 is 0.688 bits per heavy atom. The molecule has 2 aliphatic carbocycles. The first-order valence-corrected chi connectivity index (χ1v) is 11.3. The van der Waals surface area contributed by atoms with Crippen molar-refractivity contribution in [2.45, 2.75) is 62.7 Å². The second-order valence-electron chi connectivity index (χ2n) is 5.84. The van der Waals surface area contributed by atoms with Gasteiger partial charge in [-0.05, 0) is 62.7 Å². The maximum atomic E-state index is 2.59. The predicted octanol–water partition coefficient (Wildman–Crippen LogP) is 5.10. The summed E-state index contributed by atoms with van der Waals surface area (Å²) >= 11 is 0. The van der Waals surface area contributed by atoms with Gasteiger partial charge in [0.05, 0.1) is 0 Å². The van der Waals surface area contributed by atoms with Crippen LogP contribution in [-0.2, 0) is 0 Å². The van der Waals surface area contributed by atoms with Crippen LogP contribution >= 0.6 is 15.8 Å². The highest BCUT2D eigenvalue weighted by atomic mass is 31.1. The highest BCUT2D eigenvalue weighted by Gasteiger charge is 2.24. The van der Waals surface area contributed by atoms with E-state index in [1.54, 1.807) is 38.0 Å². The summed E-state index contributed by atoms with van der Waals surface area (Å²) in [6.07, 6.45) is 15.6. The SMILES string of the molecule is CP(CCP(C)C1CCCC1)C1CCCC1. The van der Waals surface area contributed by atoms with Crippen molar-refractivity contribution in [3.05, 3.63) is 0 Å². The summed E-state index contributed by atoms with van der Waals surface area (Å²) in [4.78, 5) is 0. The van der Waals surface area contributed by atoms with E-state index < -0.39 is 0 Å². The van der Waals surface area contributed by atoms with Gasteiger partial charge in [0.1, 0.15) is 0 Å². The molecule has 0 aromatic carbocycles. The van der Waals surface area contributed by atoms with E-state index in [-0.39, 0.29) is 0 Å². The van der Waals surface area contributed by atoms with Crippen LogP contribution in [0.2, 0.25) is 0 Å². The molecule has 0 amide bonds. The topological polar surface area (TPSA) is 0 Å². The first kappa shape index (κ1) is 13.3. The quantitative estimate of drug-likeness (QED) is 0.602. The van der Waals surface area contributed by atoms with Gasteiger partial charge in [-0.3, -0.25) is 0 Å². The molecule has 0 aromatic rings. The normalized spacial score (nSPS) is 27.4. The van der Waals surface area contributed by atoms with Crippen LogP contribution in [0.3, 0.4) is 0 Å². The molecule has 94 valence electrons. The van der Waals surface area contributed by atoms with E-state index >= 15 is 0 Å². The van der Waals surface area contributed by atoms with Gasteiger partial charge >= 0.3 is 0 Å². The first-order valence-electron chi connectivity index (χ1n) is 7.18. The van der Waals surface area contributed by atoms with Gasteiger partial charge in [-0.2, -0.15) is 0 Å². The van der Waals surface area contributed by atoms with Gasteiger partial charge in [-0.25, -0.2) is 0 Å². The molecule has 2 atom stereocenters. The Kier molecular flexibility index (Phi) is 5.57. The zero-order chi connectivity index (χ0) is 11.4. The van der Waals surface area contributed by atoms with Crippen LogP contribution in [0.4, 0.5) is 0 Å². The van der Waals surface area contributed by atoms with E-state index in [4.69, 9.17) is 0 Å². The molecular formula is C14H28P2. The second-order valence-corrected chi connectivity index (χ2v) is 11.2. The lowest BCUT2D eigenvalue weighted by Crippen LogP contribution is -2.07. The summed E-state index contributed by atoms with van der Waals surface area (Å²) in [7, 11) is 0.775. The van der Waals surface area contributed by atoms with E-state index in [0.29, 0.717) is 15.8 Å². The fourth-order valence-electron chi connectivity index (χ4n) is 3.37. The Morgan fingerprint density at radius 3 is 1.31 bits per heavy atom. The molecule has 0 aliphatic heterocycles. The lowest BCUT2D eigenvalue weighted by molar-refractivity contribution is 0.885. The molecule has 0 aromatic heterocycles. The van der Waals surface area contributed by atoms with Gasteiger partial charge in [0.2, 0.25) is 0 Å². The van der Waals surface area contributed by atoms with Crippen LogP contribution in [0.1, 0.15) is 51.4 Å². The Morgan fingerprint density at radius 2 is 1.00 bits per heavy atom. The maximum Gasteiger partial charge on any atom is -0.0212 e. The van der Waals surface area contributed by atoms with Gasteiger partial charge in [0, 0.05) is 0 Å². The highest BCUT2D eigenvalue weighted by Crippen LogP contribution is 2.51. The summed E-state index contributed by atoms with van der Waals surface area (Å²) < 4.78 is 0. The summed E-state index contributed by atoms with van der Waals surface area (Å²) in [5.74, 6) is 0. The van der Waals surface area contributed by atoms with Crippen molar-refractivity contribution in [3.63, 3.8) is 0 Å². The van der Waals surface area contributed by atoms with E-state index in [0.717, 1.165) is 11.3 Å². The Balaban J connectivity index is 1.65. The minimum Gasteiger partial charge on any atom is -0.106 e. The maximum absolute atomic E-state index is 2.59. The molecule has 0 radical (unpaired) electrons. The Bertz CT molecular complexity index is 171. The van der Waals surface area contributed by atoms with Crippen molar-refractivity contribution < 1.29 is 0 Å². The van der Waals surface area contributed by atoms with E-state index in [9.17, 15) is 0 Å². The number of rotatable bonds is 5. The third-order valence-electron chi connectivity index (χ3n) is 4.70. The predicted molar refractivity (Wildman–Crippen MR) is 79.9 cm³/mol. The molecule has 0 nitrogen and oxygen atoms in total. The minimum absolute atomic E-state index is 0.388. The number of hydrogen-bond acceptors (Lipinski definition) is 0. The van der Waals surface area contributed by atoms with Gasteiger partial charge in [0.25, 0.3) is 0 Å². The van der Waals surface area contributed by atoms with Gasteiger partial charge < -0.3 is 0 Å². The zero-order valence-electron chi connectivity index (χ0n) is 11.1. The third-order valence-corrected chi connectivity index (χ3v) is 10.4. The van der Waals surface area contributed by atoms with Gasteiger partial charge in [0.15, 0.2) is 0 Å². The molecule has 2 rings (SSSR count). The van der Waals surface area contributed by atoms with Crippen molar-refractivity contribution in [2.24, 2.45) is 0 Å². The smallest absolute Gasteiger partial charge is 0.0212 e. The lowest BCUT2D eigenvalue weighted by Gasteiger charge is -2.24. The van der Waals surface area contributed by atoms with Crippen LogP contribution in [0.15, 0.2) is 0 Å². The van der Waals surface area contributed by atoms with Crippen molar-refractivity contribution in [1.82, 2.24) is 0 Å². The van der Waals surface area contributed by atoms with Crippen LogP contribution in [0.5, 0.6) is 0 Å². The number of hydrogen-bond donors (Lipinski definition) is 0. The van der Waals surface area contributed by atoms with Crippen molar-refractivity contribution in [3.8, 4) is 0 Å². The highest BCUT2D eigenvalue weighted by molar-refractivity contribution is 7.61. The molecule has 2 unspecified atom stereocenters. The van der Waals surface area contributed by atoms with E-state index in [2.05, 4.69) is 13.3 Å². The van der Waals surface area contributed by atoms with Gasteiger partial charge in [-0.1, -0.05) is 25.7 Å². The molecule has 2 fully saturated rings. The second kappa shape index (κ2) is 6.70. The van der Waals surface area contributed by atoms with Crippen LogP contribution < -0.4 is 0 Å².